The van der Waals surface area contributed by atoms with Gasteiger partial charge in [0.25, 0.3) is 0 Å². The van der Waals surface area contributed by atoms with Gasteiger partial charge >= 0.3 is 0 Å². The van der Waals surface area contributed by atoms with Crippen molar-refractivity contribution in [3.63, 3.8) is 0 Å². The summed E-state index contributed by atoms with van der Waals surface area (Å²) < 4.78 is 0. The quantitative estimate of drug-likeness (QED) is 0.516. The fraction of sp³-hybridized carbons (Fsp3) is 0. The topological polar surface area (TPSA) is 0 Å². The van der Waals surface area contributed by atoms with Crippen molar-refractivity contribution in [1.29, 1.82) is 0 Å². The van der Waals surface area contributed by atoms with E-state index in [2.05, 4.69) is 11.3 Å². The molecule has 1 aromatic carbocycles. The van der Waals surface area contributed by atoms with E-state index >= 15 is 0 Å². The molecule has 0 bridgehead atoms. The summed E-state index contributed by atoms with van der Waals surface area (Å²) in [4.78, 5) is 0. The zero-order valence-electron chi connectivity index (χ0n) is 5.79. The van der Waals surface area contributed by atoms with Crippen molar-refractivity contribution in [3.8, 4) is 12.3 Å². The smallest absolute Gasteiger partial charge is 0.0527 e. The summed E-state index contributed by atoms with van der Waals surface area (Å²) in [5.41, 5.74) is 0.958. The Morgan fingerprint density at radius 3 is 3.18 bits per heavy atom. The van der Waals surface area contributed by atoms with Crippen LogP contribution < -0.4 is 0 Å². The van der Waals surface area contributed by atoms with Crippen LogP contribution >= 0.6 is 11.3 Å². The Morgan fingerprint density at radius 1 is 1.45 bits per heavy atom. The molecule has 0 unspecified atom stereocenters. The fourth-order valence-corrected chi connectivity index (χ4v) is 1.79. The molecule has 1 heteroatoms. The van der Waals surface area contributed by atoms with Crippen molar-refractivity contribution < 1.29 is 0 Å². The molecular weight excluding hydrogens is 152 g/mol. The fourth-order valence-electron chi connectivity index (χ4n) is 1.06. The van der Waals surface area contributed by atoms with E-state index < -0.39 is 0 Å². The summed E-state index contributed by atoms with van der Waals surface area (Å²) in [6, 6.07) is 5.93. The highest BCUT2D eigenvalue weighted by Crippen LogP contribution is 2.21. The minimum atomic E-state index is 0.958. The Morgan fingerprint density at radius 2 is 2.36 bits per heavy atom. The van der Waals surface area contributed by atoms with Crippen LogP contribution in [0.5, 0.6) is 0 Å². The van der Waals surface area contributed by atoms with Crippen LogP contribution in [0, 0.1) is 17.7 Å². The Bertz CT molecular complexity index is 418. The third kappa shape index (κ3) is 0.923. The minimum absolute atomic E-state index is 0.958. The van der Waals surface area contributed by atoms with Gasteiger partial charge in [0.05, 0.1) is 5.38 Å². The number of terminal acetylenes is 1. The highest BCUT2D eigenvalue weighted by Gasteiger charge is 1.97. The van der Waals surface area contributed by atoms with Gasteiger partial charge in [0.2, 0.25) is 0 Å². The molecule has 2 rings (SSSR count). The molecule has 0 amide bonds. The molecule has 51 valence electrons. The van der Waals surface area contributed by atoms with E-state index in [-0.39, 0.29) is 0 Å². The average molecular weight is 157 g/mol. The van der Waals surface area contributed by atoms with E-state index in [0.29, 0.717) is 0 Å². The van der Waals surface area contributed by atoms with E-state index in [1.807, 2.05) is 23.6 Å². The summed E-state index contributed by atoms with van der Waals surface area (Å²) in [6.07, 6.45) is 5.32. The van der Waals surface area contributed by atoms with Gasteiger partial charge in [-0.05, 0) is 6.07 Å². The van der Waals surface area contributed by atoms with E-state index in [1.165, 1.54) is 0 Å². The summed E-state index contributed by atoms with van der Waals surface area (Å²) in [6.45, 7) is 0. The lowest BCUT2D eigenvalue weighted by atomic mass is 10.1. The second kappa shape index (κ2) is 2.41. The van der Waals surface area contributed by atoms with Crippen LogP contribution in [-0.4, -0.2) is 0 Å². The molecule has 0 saturated carbocycles. The first kappa shape index (κ1) is 6.45. The van der Waals surface area contributed by atoms with Crippen LogP contribution in [-0.2, 0) is 0 Å². The monoisotopic (exact) mass is 157 g/mol. The van der Waals surface area contributed by atoms with Crippen molar-refractivity contribution in [2.45, 2.75) is 0 Å². The molecule has 0 aliphatic heterocycles. The Balaban J connectivity index is 2.92. The first-order chi connectivity index (χ1) is 5.42. The molecule has 1 aromatic heterocycles. The maximum atomic E-state index is 5.32. The van der Waals surface area contributed by atoms with Crippen molar-refractivity contribution in [2.24, 2.45) is 0 Å². The molecule has 11 heavy (non-hydrogen) atoms. The van der Waals surface area contributed by atoms with Crippen LogP contribution in [0.1, 0.15) is 5.56 Å². The highest BCUT2D eigenvalue weighted by atomic mass is 32.1. The van der Waals surface area contributed by atoms with Crippen molar-refractivity contribution >= 4 is 22.1 Å². The molecule has 1 heterocycles. The van der Waals surface area contributed by atoms with E-state index in [0.717, 1.165) is 16.3 Å². The van der Waals surface area contributed by atoms with Gasteiger partial charge in [0.15, 0.2) is 0 Å². The Labute approximate surface area is 69.5 Å². The molecule has 0 aliphatic carbocycles. The Hall–Kier alpha value is -1.26. The number of thiophene rings is 1. The molecule has 0 atom stereocenters. The molecule has 0 nitrogen and oxygen atoms in total. The Kier molecular flexibility index (Phi) is 1.41. The first-order valence-electron chi connectivity index (χ1n) is 3.26. The predicted molar refractivity (Wildman–Crippen MR) is 48.6 cm³/mol. The average Bonchev–Trinajstić information content (AvgIpc) is 2.50. The standard InChI is InChI=1S/C10H5S/c1-2-8-4-3-5-9-6-11-7-10(8)9/h1,3-5,7H. The van der Waals surface area contributed by atoms with Crippen molar-refractivity contribution in [2.75, 3.05) is 0 Å². The lowest BCUT2D eigenvalue weighted by Crippen LogP contribution is -1.72. The molecule has 1 radical (unpaired) electrons. The third-order valence-corrected chi connectivity index (χ3v) is 2.30. The molecule has 2 aromatic rings. The predicted octanol–water partition coefficient (Wildman–Crippen LogP) is 2.68. The molecule has 0 aliphatic rings. The number of benzene rings is 1. The number of hydrogen-bond acceptors (Lipinski definition) is 1. The van der Waals surface area contributed by atoms with E-state index in [4.69, 9.17) is 6.42 Å². The van der Waals surface area contributed by atoms with Crippen LogP contribution in [0.15, 0.2) is 23.6 Å². The molecule has 0 fully saturated rings. The van der Waals surface area contributed by atoms with Gasteiger partial charge in [-0.3, -0.25) is 0 Å². The summed E-state index contributed by atoms with van der Waals surface area (Å²) >= 11 is 1.56. The van der Waals surface area contributed by atoms with Crippen LogP contribution in [0.4, 0.5) is 0 Å². The molecule has 0 saturated heterocycles. The largest absolute Gasteiger partial charge is 0.142 e. The number of fused-ring (bicyclic) bond motifs is 1. The van der Waals surface area contributed by atoms with Gasteiger partial charge in [0, 0.05) is 21.7 Å². The van der Waals surface area contributed by atoms with Gasteiger partial charge in [0.1, 0.15) is 0 Å². The summed E-state index contributed by atoms with van der Waals surface area (Å²) in [7, 11) is 0. The lowest BCUT2D eigenvalue weighted by Gasteiger charge is -1.91. The molecule has 0 N–H and O–H groups in total. The highest BCUT2D eigenvalue weighted by molar-refractivity contribution is 7.08. The van der Waals surface area contributed by atoms with Crippen molar-refractivity contribution in [3.05, 3.63) is 34.5 Å². The van der Waals surface area contributed by atoms with Gasteiger partial charge < -0.3 is 0 Å². The molecular formula is C10H5S. The molecule has 0 spiro atoms. The van der Waals surface area contributed by atoms with E-state index in [9.17, 15) is 0 Å². The SMILES string of the molecule is C#Cc1cccc2[c]scc12. The number of rotatable bonds is 0. The second-order valence-corrected chi connectivity index (χ2v) is 2.92. The van der Waals surface area contributed by atoms with Crippen LogP contribution in [0.3, 0.4) is 0 Å². The van der Waals surface area contributed by atoms with Gasteiger partial charge in [-0.1, -0.05) is 18.1 Å². The van der Waals surface area contributed by atoms with E-state index in [1.54, 1.807) is 11.3 Å². The minimum Gasteiger partial charge on any atom is -0.142 e. The lowest BCUT2D eigenvalue weighted by molar-refractivity contribution is 1.77. The van der Waals surface area contributed by atoms with Crippen LogP contribution in [0.25, 0.3) is 10.8 Å². The van der Waals surface area contributed by atoms with Crippen molar-refractivity contribution in [1.82, 2.24) is 0 Å². The van der Waals surface area contributed by atoms with Gasteiger partial charge in [-0.25, -0.2) is 0 Å². The van der Waals surface area contributed by atoms with Gasteiger partial charge in [-0.15, -0.1) is 17.8 Å². The second-order valence-electron chi connectivity index (χ2n) is 2.25. The number of hydrogen-bond donors (Lipinski definition) is 0. The van der Waals surface area contributed by atoms with Crippen LogP contribution in [0.2, 0.25) is 0 Å². The zero-order chi connectivity index (χ0) is 7.68. The third-order valence-electron chi connectivity index (χ3n) is 1.61. The zero-order valence-corrected chi connectivity index (χ0v) is 6.61. The summed E-state index contributed by atoms with van der Waals surface area (Å²) in [5.74, 6) is 2.64. The normalized spacial score (nSPS) is 9.73. The first-order valence-corrected chi connectivity index (χ1v) is 4.14. The van der Waals surface area contributed by atoms with Gasteiger partial charge in [-0.2, -0.15) is 0 Å². The maximum absolute atomic E-state index is 5.32. The summed E-state index contributed by atoms with van der Waals surface area (Å²) in [5, 5.41) is 7.43. The maximum Gasteiger partial charge on any atom is 0.0527 e.